The fourth-order valence-corrected chi connectivity index (χ4v) is 5.31. The number of halogens is 2. The highest BCUT2D eigenvalue weighted by atomic mass is 79.9. The lowest BCUT2D eigenvalue weighted by Crippen LogP contribution is -2.49. The van der Waals surface area contributed by atoms with Gasteiger partial charge < -0.3 is 0 Å². The Hall–Kier alpha value is -0.150. The largest absolute Gasteiger partial charge is 0.239 e. The fraction of sp³-hybridized carbons (Fsp3) is 0.714. The summed E-state index contributed by atoms with van der Waals surface area (Å²) in [6, 6.07) is 0. The van der Waals surface area contributed by atoms with Gasteiger partial charge in [0, 0.05) is 11.6 Å². The molecule has 0 unspecified atom stereocenters. The monoisotopic (exact) mass is 326 g/mol. The van der Waals surface area contributed by atoms with Gasteiger partial charge in [-0.25, -0.2) is 9.97 Å². The molecule has 0 aromatic carbocycles. The summed E-state index contributed by atoms with van der Waals surface area (Å²) in [4.78, 5) is 9.16. The lowest BCUT2D eigenvalue weighted by molar-refractivity contribution is -0.00941. The summed E-state index contributed by atoms with van der Waals surface area (Å²) in [5.41, 5.74) is 0.249. The van der Waals surface area contributed by atoms with Gasteiger partial charge in [-0.15, -0.1) is 0 Å². The van der Waals surface area contributed by atoms with Gasteiger partial charge in [-0.1, -0.05) is 11.6 Å². The van der Waals surface area contributed by atoms with E-state index in [4.69, 9.17) is 11.6 Å². The third kappa shape index (κ3) is 1.66. The maximum absolute atomic E-state index is 6.16. The van der Waals surface area contributed by atoms with Gasteiger partial charge in [0.1, 0.15) is 11.0 Å². The van der Waals surface area contributed by atoms with Gasteiger partial charge in [0.05, 0.1) is 4.47 Å². The first kappa shape index (κ1) is 11.7. The first-order valence-electron chi connectivity index (χ1n) is 6.83. The average molecular weight is 328 g/mol. The third-order valence-corrected chi connectivity index (χ3v) is 6.31. The summed E-state index contributed by atoms with van der Waals surface area (Å²) in [7, 11) is 0. The van der Waals surface area contributed by atoms with Crippen molar-refractivity contribution >= 4 is 27.5 Å². The minimum Gasteiger partial charge on any atom is -0.239 e. The number of aromatic nitrogens is 2. The van der Waals surface area contributed by atoms with E-state index in [-0.39, 0.29) is 5.41 Å². The van der Waals surface area contributed by atoms with Gasteiger partial charge in [0.2, 0.25) is 0 Å². The van der Waals surface area contributed by atoms with Crippen molar-refractivity contribution in [3.63, 3.8) is 0 Å². The molecule has 1 aromatic heterocycles. The molecule has 4 bridgehead atoms. The first-order valence-corrected chi connectivity index (χ1v) is 8.00. The van der Waals surface area contributed by atoms with Crippen LogP contribution in [0.4, 0.5) is 0 Å². The van der Waals surface area contributed by atoms with Gasteiger partial charge in [-0.3, -0.25) is 0 Å². The van der Waals surface area contributed by atoms with Gasteiger partial charge in [0.15, 0.2) is 0 Å². The summed E-state index contributed by atoms with van der Waals surface area (Å²) < 4.78 is 0.803. The first-order chi connectivity index (χ1) is 8.64. The van der Waals surface area contributed by atoms with Gasteiger partial charge >= 0.3 is 0 Å². The van der Waals surface area contributed by atoms with Gasteiger partial charge in [-0.2, -0.15) is 0 Å². The Morgan fingerprint density at radius 1 is 1.11 bits per heavy atom. The Morgan fingerprint density at radius 3 is 2.17 bits per heavy atom. The van der Waals surface area contributed by atoms with Crippen molar-refractivity contribution in [1.82, 2.24) is 9.97 Å². The quantitative estimate of drug-likeness (QED) is 0.716. The highest BCUT2D eigenvalue weighted by Crippen LogP contribution is 2.60. The molecule has 0 aliphatic heterocycles. The van der Waals surface area contributed by atoms with Crippen molar-refractivity contribution in [1.29, 1.82) is 0 Å². The molecule has 0 atom stereocenters. The van der Waals surface area contributed by atoms with Crippen LogP contribution in [-0.2, 0) is 5.41 Å². The smallest absolute Gasteiger partial charge is 0.146 e. The van der Waals surface area contributed by atoms with Crippen LogP contribution in [0.15, 0.2) is 10.7 Å². The molecule has 2 nitrogen and oxygen atoms in total. The van der Waals surface area contributed by atoms with Crippen LogP contribution >= 0.6 is 27.5 Å². The Balaban J connectivity index is 1.76. The Labute approximate surface area is 121 Å². The molecular weight excluding hydrogens is 312 g/mol. The molecule has 1 heterocycles. The van der Waals surface area contributed by atoms with Crippen molar-refractivity contribution in [2.75, 3.05) is 0 Å². The number of hydrogen-bond donors (Lipinski definition) is 0. The van der Waals surface area contributed by atoms with Crippen molar-refractivity contribution in [3.05, 3.63) is 21.6 Å². The zero-order valence-electron chi connectivity index (χ0n) is 10.2. The van der Waals surface area contributed by atoms with E-state index in [2.05, 4.69) is 25.9 Å². The molecule has 0 saturated heterocycles. The number of nitrogens with zero attached hydrogens (tertiary/aromatic N) is 2. The molecule has 0 radical (unpaired) electrons. The molecule has 1 aromatic rings. The van der Waals surface area contributed by atoms with E-state index in [1.807, 2.05) is 6.20 Å². The predicted octanol–water partition coefficient (Wildman–Crippen LogP) is 4.36. The third-order valence-electron chi connectivity index (χ3n) is 5.21. The zero-order valence-corrected chi connectivity index (χ0v) is 12.5. The van der Waals surface area contributed by atoms with E-state index in [1.165, 1.54) is 38.5 Å². The van der Waals surface area contributed by atoms with Gasteiger partial charge in [-0.05, 0) is 72.2 Å². The maximum Gasteiger partial charge on any atom is 0.146 e. The molecule has 0 N–H and O–H groups in total. The molecule has 4 saturated carbocycles. The van der Waals surface area contributed by atoms with E-state index >= 15 is 0 Å². The summed E-state index contributed by atoms with van der Waals surface area (Å²) in [6.07, 6.45) is 10.0. The summed E-state index contributed by atoms with van der Waals surface area (Å²) >= 11 is 9.54. The van der Waals surface area contributed by atoms with E-state index in [9.17, 15) is 0 Å². The maximum atomic E-state index is 6.16. The second-order valence-electron chi connectivity index (χ2n) is 6.53. The lowest BCUT2D eigenvalue weighted by Gasteiger charge is -2.55. The van der Waals surface area contributed by atoms with Crippen molar-refractivity contribution in [2.45, 2.75) is 43.9 Å². The van der Waals surface area contributed by atoms with Crippen molar-refractivity contribution < 1.29 is 0 Å². The molecule has 4 heteroatoms. The van der Waals surface area contributed by atoms with Crippen LogP contribution in [0, 0.1) is 17.8 Å². The van der Waals surface area contributed by atoms with Crippen LogP contribution in [0.5, 0.6) is 0 Å². The lowest BCUT2D eigenvalue weighted by atomic mass is 9.49. The topological polar surface area (TPSA) is 25.8 Å². The van der Waals surface area contributed by atoms with Crippen LogP contribution in [-0.4, -0.2) is 9.97 Å². The van der Waals surface area contributed by atoms with E-state index in [0.717, 1.165) is 28.1 Å². The van der Waals surface area contributed by atoms with Crippen LogP contribution < -0.4 is 0 Å². The van der Waals surface area contributed by atoms with Crippen molar-refractivity contribution in [2.24, 2.45) is 17.8 Å². The zero-order chi connectivity index (χ0) is 12.3. The Morgan fingerprint density at radius 2 is 1.67 bits per heavy atom. The van der Waals surface area contributed by atoms with Crippen LogP contribution in [0.1, 0.15) is 44.3 Å². The molecular formula is C14H16BrClN2. The summed E-state index contributed by atoms with van der Waals surface area (Å²) in [5.74, 6) is 3.77. The normalized spacial score (nSPS) is 41.3. The molecule has 4 fully saturated rings. The van der Waals surface area contributed by atoms with E-state index in [1.54, 1.807) is 0 Å². The molecule has 96 valence electrons. The highest BCUT2D eigenvalue weighted by molar-refractivity contribution is 9.10. The second kappa shape index (κ2) is 3.92. The molecule has 0 amide bonds. The molecule has 5 rings (SSSR count). The summed E-state index contributed by atoms with van der Waals surface area (Å²) in [5, 5.41) is 0.566. The van der Waals surface area contributed by atoms with Gasteiger partial charge in [0.25, 0.3) is 0 Å². The molecule has 0 spiro atoms. The standard InChI is InChI=1S/C14H16BrClN2/c15-11-7-17-13(18-12(11)16)14-4-8-1-9(5-14)3-10(2-8)6-14/h7-10H,1-6H2. The van der Waals surface area contributed by atoms with E-state index in [0.29, 0.717) is 5.15 Å². The average Bonchev–Trinajstić information content (AvgIpc) is 2.31. The highest BCUT2D eigenvalue weighted by Gasteiger charge is 2.53. The SMILES string of the molecule is Clc1nc(C23CC4CC(CC(C4)C2)C3)ncc1Br. The van der Waals surface area contributed by atoms with Crippen LogP contribution in [0.25, 0.3) is 0 Å². The fourth-order valence-electron chi connectivity index (χ4n) is 4.99. The predicted molar refractivity (Wildman–Crippen MR) is 74.6 cm³/mol. The van der Waals surface area contributed by atoms with E-state index < -0.39 is 0 Å². The Kier molecular flexibility index (Phi) is 2.54. The number of hydrogen-bond acceptors (Lipinski definition) is 2. The molecule has 4 aliphatic rings. The van der Waals surface area contributed by atoms with Crippen LogP contribution in [0.2, 0.25) is 5.15 Å². The second-order valence-corrected chi connectivity index (χ2v) is 7.74. The minimum absolute atomic E-state index is 0.249. The Bertz CT molecular complexity index is 467. The number of rotatable bonds is 1. The minimum atomic E-state index is 0.249. The summed E-state index contributed by atoms with van der Waals surface area (Å²) in [6.45, 7) is 0. The molecule has 18 heavy (non-hydrogen) atoms. The molecule has 4 aliphatic carbocycles. The van der Waals surface area contributed by atoms with Crippen LogP contribution in [0.3, 0.4) is 0 Å². The van der Waals surface area contributed by atoms with Crippen molar-refractivity contribution in [3.8, 4) is 0 Å².